The van der Waals surface area contributed by atoms with Gasteiger partial charge in [0.15, 0.2) is 6.10 Å². The van der Waals surface area contributed by atoms with Gasteiger partial charge in [0.25, 0.3) is 5.91 Å². The third-order valence-corrected chi connectivity index (χ3v) is 5.41. The van der Waals surface area contributed by atoms with Crippen LogP contribution in [0.3, 0.4) is 0 Å². The molecule has 4 rings (SSSR count). The molecule has 0 unspecified atom stereocenters. The van der Waals surface area contributed by atoms with Crippen molar-refractivity contribution >= 4 is 23.0 Å². The standard InChI is InChI=1S/C22H19FN2O2S/c23-18-9-4-8-17(12-18)20-13-19(27-24-20)15-25(14-16-6-2-1-3-7-16)22(26)21-10-5-11-28-21/h1-12,19H,13-15H2/t19-/m1/s1. The summed E-state index contributed by atoms with van der Waals surface area (Å²) in [7, 11) is 0. The van der Waals surface area contributed by atoms with E-state index in [1.165, 1.54) is 23.5 Å². The van der Waals surface area contributed by atoms with Gasteiger partial charge in [-0.2, -0.15) is 0 Å². The summed E-state index contributed by atoms with van der Waals surface area (Å²) in [5.74, 6) is -0.330. The molecule has 0 radical (unpaired) electrons. The summed E-state index contributed by atoms with van der Waals surface area (Å²) in [6.45, 7) is 0.903. The first-order valence-corrected chi connectivity index (χ1v) is 9.92. The lowest BCUT2D eigenvalue weighted by Crippen LogP contribution is -2.37. The third kappa shape index (κ3) is 4.28. The molecule has 0 saturated carbocycles. The summed E-state index contributed by atoms with van der Waals surface area (Å²) in [4.78, 5) is 21.0. The first-order valence-electron chi connectivity index (χ1n) is 9.04. The smallest absolute Gasteiger partial charge is 0.264 e. The van der Waals surface area contributed by atoms with Crippen LogP contribution in [0, 0.1) is 5.82 Å². The highest BCUT2D eigenvalue weighted by Gasteiger charge is 2.27. The SMILES string of the molecule is O=C(c1cccs1)N(Cc1ccccc1)C[C@H]1CC(c2cccc(F)c2)=NO1. The number of carbonyl (C=O) groups is 1. The molecule has 0 N–H and O–H groups in total. The second-order valence-corrected chi connectivity index (χ2v) is 7.58. The first kappa shape index (κ1) is 18.4. The van der Waals surface area contributed by atoms with Gasteiger partial charge < -0.3 is 9.74 Å². The molecule has 1 aliphatic rings. The number of benzene rings is 2. The van der Waals surface area contributed by atoms with Crippen LogP contribution in [0.25, 0.3) is 0 Å². The molecule has 0 aliphatic carbocycles. The van der Waals surface area contributed by atoms with E-state index in [1.54, 1.807) is 11.0 Å². The summed E-state index contributed by atoms with van der Waals surface area (Å²) in [6, 6.07) is 19.9. The summed E-state index contributed by atoms with van der Waals surface area (Å²) >= 11 is 1.42. The monoisotopic (exact) mass is 394 g/mol. The molecular formula is C22H19FN2O2S. The highest BCUT2D eigenvalue weighted by molar-refractivity contribution is 7.12. The zero-order valence-electron chi connectivity index (χ0n) is 15.1. The van der Waals surface area contributed by atoms with Gasteiger partial charge in [0.1, 0.15) is 5.82 Å². The second-order valence-electron chi connectivity index (χ2n) is 6.63. The van der Waals surface area contributed by atoms with Crippen LogP contribution in [0.4, 0.5) is 4.39 Å². The molecule has 0 saturated heterocycles. The fraction of sp³-hybridized carbons (Fsp3) is 0.182. The topological polar surface area (TPSA) is 41.9 Å². The van der Waals surface area contributed by atoms with Crippen LogP contribution in [0.1, 0.15) is 27.2 Å². The number of hydrogen-bond donors (Lipinski definition) is 0. The molecule has 4 nitrogen and oxygen atoms in total. The lowest BCUT2D eigenvalue weighted by Gasteiger charge is -2.24. The molecule has 1 atom stereocenters. The quantitative estimate of drug-likeness (QED) is 0.607. The van der Waals surface area contributed by atoms with Crippen molar-refractivity contribution < 1.29 is 14.0 Å². The lowest BCUT2D eigenvalue weighted by atomic mass is 10.0. The van der Waals surface area contributed by atoms with Gasteiger partial charge >= 0.3 is 0 Å². The number of oxime groups is 1. The summed E-state index contributed by atoms with van der Waals surface area (Å²) < 4.78 is 13.5. The molecule has 6 heteroatoms. The van der Waals surface area contributed by atoms with E-state index in [-0.39, 0.29) is 17.8 Å². The highest BCUT2D eigenvalue weighted by atomic mass is 32.1. The second kappa shape index (κ2) is 8.35. The number of rotatable bonds is 6. The first-order chi connectivity index (χ1) is 13.7. The van der Waals surface area contributed by atoms with E-state index in [2.05, 4.69) is 5.16 Å². The van der Waals surface area contributed by atoms with Crippen molar-refractivity contribution in [3.05, 3.63) is 93.9 Å². The zero-order valence-corrected chi connectivity index (χ0v) is 15.9. The van der Waals surface area contributed by atoms with E-state index in [4.69, 9.17) is 4.84 Å². The maximum atomic E-state index is 13.5. The Morgan fingerprint density at radius 2 is 2.00 bits per heavy atom. The van der Waals surface area contributed by atoms with Crippen LogP contribution in [0.5, 0.6) is 0 Å². The van der Waals surface area contributed by atoms with E-state index in [1.807, 2.05) is 53.9 Å². The molecule has 1 aliphatic heterocycles. The van der Waals surface area contributed by atoms with Gasteiger partial charge in [-0.25, -0.2) is 4.39 Å². The minimum atomic E-state index is -0.303. The molecule has 0 spiro atoms. The van der Waals surface area contributed by atoms with E-state index >= 15 is 0 Å². The average molecular weight is 394 g/mol. The van der Waals surface area contributed by atoms with Crippen molar-refractivity contribution in [2.75, 3.05) is 6.54 Å². The molecule has 28 heavy (non-hydrogen) atoms. The predicted molar refractivity (Wildman–Crippen MR) is 108 cm³/mol. The summed E-state index contributed by atoms with van der Waals surface area (Å²) in [5.41, 5.74) is 2.46. The van der Waals surface area contributed by atoms with Crippen LogP contribution in [-0.4, -0.2) is 29.2 Å². The van der Waals surface area contributed by atoms with Crippen molar-refractivity contribution in [3.63, 3.8) is 0 Å². The maximum absolute atomic E-state index is 13.5. The Morgan fingerprint density at radius 1 is 1.14 bits per heavy atom. The summed E-state index contributed by atoms with van der Waals surface area (Å²) in [6.07, 6.45) is 0.276. The van der Waals surface area contributed by atoms with Crippen LogP contribution >= 0.6 is 11.3 Å². The predicted octanol–water partition coefficient (Wildman–Crippen LogP) is 4.72. The Morgan fingerprint density at radius 3 is 2.75 bits per heavy atom. The van der Waals surface area contributed by atoms with E-state index in [9.17, 15) is 9.18 Å². The van der Waals surface area contributed by atoms with Crippen molar-refractivity contribution in [2.24, 2.45) is 5.16 Å². The van der Waals surface area contributed by atoms with Crippen molar-refractivity contribution in [1.82, 2.24) is 4.90 Å². The van der Waals surface area contributed by atoms with Crippen molar-refractivity contribution in [3.8, 4) is 0 Å². The summed E-state index contributed by atoms with van der Waals surface area (Å²) in [5, 5.41) is 6.02. The molecule has 2 aromatic carbocycles. The van der Waals surface area contributed by atoms with Crippen LogP contribution in [0.2, 0.25) is 0 Å². The van der Waals surface area contributed by atoms with Gasteiger partial charge in [-0.1, -0.05) is 53.7 Å². The Kier molecular flexibility index (Phi) is 5.48. The fourth-order valence-electron chi connectivity index (χ4n) is 3.19. The molecule has 1 amide bonds. The zero-order chi connectivity index (χ0) is 19.3. The molecule has 0 bridgehead atoms. The van der Waals surface area contributed by atoms with Gasteiger partial charge in [0.2, 0.25) is 0 Å². The number of amides is 1. The molecule has 1 aromatic heterocycles. The van der Waals surface area contributed by atoms with E-state index < -0.39 is 0 Å². The number of carbonyl (C=O) groups excluding carboxylic acids is 1. The lowest BCUT2D eigenvalue weighted by molar-refractivity contribution is 0.0408. The largest absolute Gasteiger partial charge is 0.390 e. The van der Waals surface area contributed by atoms with Crippen LogP contribution < -0.4 is 0 Å². The van der Waals surface area contributed by atoms with E-state index in [0.717, 1.165) is 5.56 Å². The molecule has 0 fully saturated rings. The molecule has 3 aromatic rings. The van der Waals surface area contributed by atoms with Gasteiger partial charge in [-0.15, -0.1) is 11.3 Å². The number of nitrogens with zero attached hydrogens (tertiary/aromatic N) is 2. The number of thiophene rings is 1. The van der Waals surface area contributed by atoms with E-state index in [0.29, 0.717) is 35.7 Å². The van der Waals surface area contributed by atoms with Gasteiger partial charge in [-0.05, 0) is 29.1 Å². The Bertz CT molecular complexity index is 973. The minimum absolute atomic E-state index is 0.0262. The molecule has 142 valence electrons. The number of halogens is 1. The maximum Gasteiger partial charge on any atom is 0.264 e. The van der Waals surface area contributed by atoms with Crippen LogP contribution in [-0.2, 0) is 11.4 Å². The Labute approximate surface area is 166 Å². The highest BCUT2D eigenvalue weighted by Crippen LogP contribution is 2.21. The van der Waals surface area contributed by atoms with Gasteiger partial charge in [0.05, 0.1) is 17.1 Å². The van der Waals surface area contributed by atoms with Crippen LogP contribution in [0.15, 0.2) is 77.3 Å². The normalized spacial score (nSPS) is 15.8. The van der Waals surface area contributed by atoms with Gasteiger partial charge in [0, 0.05) is 18.5 Å². The fourth-order valence-corrected chi connectivity index (χ4v) is 3.88. The minimum Gasteiger partial charge on any atom is -0.390 e. The Hall–Kier alpha value is -2.99. The molecule has 2 heterocycles. The number of hydrogen-bond acceptors (Lipinski definition) is 4. The average Bonchev–Trinajstić information content (AvgIpc) is 3.40. The third-order valence-electron chi connectivity index (χ3n) is 4.55. The van der Waals surface area contributed by atoms with Gasteiger partial charge in [-0.3, -0.25) is 4.79 Å². The van der Waals surface area contributed by atoms with Crippen molar-refractivity contribution in [1.29, 1.82) is 0 Å². The Balaban J connectivity index is 1.48. The van der Waals surface area contributed by atoms with Crippen molar-refractivity contribution in [2.45, 2.75) is 19.1 Å². The molecular weight excluding hydrogens is 375 g/mol.